The molecule has 29 heavy (non-hydrogen) atoms. The Morgan fingerprint density at radius 2 is 1.72 bits per heavy atom. The molecule has 0 N–H and O–H groups in total. The highest BCUT2D eigenvalue weighted by Crippen LogP contribution is 2.29. The van der Waals surface area contributed by atoms with E-state index in [1.165, 1.54) is 11.1 Å². The topological polar surface area (TPSA) is 66.9 Å². The number of likely N-dealkylation sites (N-methyl/N-ethyl adjacent to an activating group) is 1. The monoisotopic (exact) mass is 422 g/mol. The van der Waals surface area contributed by atoms with E-state index in [4.69, 9.17) is 4.74 Å². The van der Waals surface area contributed by atoms with Crippen LogP contribution in [0.25, 0.3) is 0 Å². The molecular formula is C22H34N2O4S. The van der Waals surface area contributed by atoms with Crippen LogP contribution >= 0.6 is 0 Å². The summed E-state index contributed by atoms with van der Waals surface area (Å²) in [6.45, 7) is 5.54. The smallest absolute Gasteiger partial charge is 0.237 e. The number of rotatable bonds is 8. The molecule has 1 heterocycles. The lowest BCUT2D eigenvalue weighted by atomic mass is 10.1. The molecule has 0 bridgehead atoms. The Bertz CT molecular complexity index is 798. The Morgan fingerprint density at radius 3 is 2.31 bits per heavy atom. The maximum atomic E-state index is 13.1. The van der Waals surface area contributed by atoms with E-state index < -0.39 is 9.84 Å². The second kappa shape index (κ2) is 9.47. The molecule has 1 aliphatic heterocycles. The molecule has 162 valence electrons. The molecule has 1 aromatic rings. The van der Waals surface area contributed by atoms with Gasteiger partial charge in [0.15, 0.2) is 9.84 Å². The Labute approximate surface area is 175 Å². The molecule has 1 atom stereocenters. The number of sulfone groups is 1. The van der Waals surface area contributed by atoms with Crippen LogP contribution in [0.3, 0.4) is 0 Å². The van der Waals surface area contributed by atoms with Crippen molar-refractivity contribution in [3.8, 4) is 5.75 Å². The molecular weight excluding hydrogens is 388 g/mol. The summed E-state index contributed by atoms with van der Waals surface area (Å²) in [6.07, 6.45) is 4.79. The van der Waals surface area contributed by atoms with E-state index in [1.807, 2.05) is 42.8 Å². The van der Waals surface area contributed by atoms with Gasteiger partial charge in [0.1, 0.15) is 12.4 Å². The van der Waals surface area contributed by atoms with Gasteiger partial charge >= 0.3 is 0 Å². The first kappa shape index (κ1) is 22.1. The molecule has 0 aromatic heterocycles. The number of aryl methyl sites for hydroxylation is 2. The zero-order valence-electron chi connectivity index (χ0n) is 17.9. The van der Waals surface area contributed by atoms with Crippen LogP contribution in [-0.2, 0) is 14.6 Å². The van der Waals surface area contributed by atoms with Gasteiger partial charge in [0, 0.05) is 18.6 Å². The maximum absolute atomic E-state index is 13.1. The minimum atomic E-state index is -3.01. The number of carbonyl (C=O) groups is 1. The minimum absolute atomic E-state index is 0.0490. The van der Waals surface area contributed by atoms with Crippen molar-refractivity contribution in [2.45, 2.75) is 58.0 Å². The fourth-order valence-electron chi connectivity index (χ4n) is 4.61. The average Bonchev–Trinajstić information content (AvgIpc) is 3.24. The van der Waals surface area contributed by atoms with E-state index >= 15 is 0 Å². The summed E-state index contributed by atoms with van der Waals surface area (Å²) in [7, 11) is -1.09. The zero-order valence-corrected chi connectivity index (χ0v) is 18.7. The quantitative estimate of drug-likeness (QED) is 0.644. The summed E-state index contributed by atoms with van der Waals surface area (Å²) < 4.78 is 29.8. The number of benzene rings is 1. The third-order valence-corrected chi connectivity index (χ3v) is 7.70. The fraction of sp³-hybridized carbons (Fsp3) is 0.682. The lowest BCUT2D eigenvalue weighted by molar-refractivity contribution is -0.136. The highest BCUT2D eigenvalue weighted by molar-refractivity contribution is 7.91. The van der Waals surface area contributed by atoms with Crippen LogP contribution in [0.4, 0.5) is 0 Å². The van der Waals surface area contributed by atoms with E-state index in [-0.39, 0.29) is 29.5 Å². The largest absolute Gasteiger partial charge is 0.492 e. The van der Waals surface area contributed by atoms with Crippen LogP contribution in [0.5, 0.6) is 5.75 Å². The highest BCUT2D eigenvalue weighted by atomic mass is 32.2. The van der Waals surface area contributed by atoms with Gasteiger partial charge in [0.25, 0.3) is 0 Å². The van der Waals surface area contributed by atoms with Crippen LogP contribution < -0.4 is 4.74 Å². The van der Waals surface area contributed by atoms with Crippen molar-refractivity contribution in [2.75, 3.05) is 38.2 Å². The van der Waals surface area contributed by atoms with Crippen molar-refractivity contribution in [3.63, 3.8) is 0 Å². The van der Waals surface area contributed by atoms with Crippen LogP contribution in [0.1, 0.15) is 43.2 Å². The number of carbonyl (C=O) groups excluding carboxylic acids is 1. The lowest BCUT2D eigenvalue weighted by Gasteiger charge is -2.35. The summed E-state index contributed by atoms with van der Waals surface area (Å²) in [4.78, 5) is 17.0. The number of hydrogen-bond donors (Lipinski definition) is 0. The predicted molar refractivity (Wildman–Crippen MR) is 115 cm³/mol. The molecule has 1 aliphatic carbocycles. The van der Waals surface area contributed by atoms with Gasteiger partial charge in [0.05, 0.1) is 18.1 Å². The maximum Gasteiger partial charge on any atom is 0.237 e. The fourth-order valence-corrected chi connectivity index (χ4v) is 6.32. The van der Waals surface area contributed by atoms with E-state index in [0.717, 1.165) is 31.4 Å². The number of ether oxygens (including phenoxy) is 1. The summed E-state index contributed by atoms with van der Waals surface area (Å²) in [5.74, 6) is 1.22. The van der Waals surface area contributed by atoms with Crippen molar-refractivity contribution in [3.05, 3.63) is 29.3 Å². The Kier molecular flexibility index (Phi) is 7.22. The molecule has 0 radical (unpaired) electrons. The normalized spacial score (nSPS) is 21.6. The number of nitrogens with zero attached hydrogens (tertiary/aromatic N) is 2. The van der Waals surface area contributed by atoms with Crippen LogP contribution in [-0.4, -0.2) is 74.5 Å². The number of amides is 1. The van der Waals surface area contributed by atoms with Gasteiger partial charge in [-0.05, 0) is 63.4 Å². The van der Waals surface area contributed by atoms with Crippen molar-refractivity contribution in [2.24, 2.45) is 0 Å². The Hall–Kier alpha value is -1.60. The Morgan fingerprint density at radius 1 is 1.07 bits per heavy atom. The Balaban J connectivity index is 1.54. The third kappa shape index (κ3) is 6.19. The molecule has 1 saturated carbocycles. The standard InChI is InChI=1S/C22H34N2O4S/c1-17-12-18(2)14-21(13-17)28-10-9-23(3)15-22(25)24(19-6-4-5-7-19)20-8-11-29(26,27)16-20/h12-14,19-20H,4-11,15-16H2,1-3H3. The van der Waals surface area contributed by atoms with Gasteiger partial charge in [-0.25, -0.2) is 8.42 Å². The van der Waals surface area contributed by atoms with Gasteiger partial charge in [-0.3, -0.25) is 9.69 Å². The summed E-state index contributed by atoms with van der Waals surface area (Å²) in [5, 5.41) is 0. The molecule has 1 unspecified atom stereocenters. The van der Waals surface area contributed by atoms with Crippen LogP contribution in [0, 0.1) is 13.8 Å². The zero-order chi connectivity index (χ0) is 21.0. The van der Waals surface area contributed by atoms with Gasteiger partial charge in [0.2, 0.25) is 5.91 Å². The second-order valence-corrected chi connectivity index (χ2v) is 10.9. The van der Waals surface area contributed by atoms with E-state index in [9.17, 15) is 13.2 Å². The molecule has 1 saturated heterocycles. The molecule has 3 rings (SSSR count). The molecule has 2 fully saturated rings. The van der Waals surface area contributed by atoms with Crippen molar-refractivity contribution < 1.29 is 17.9 Å². The molecule has 0 spiro atoms. The first-order chi connectivity index (χ1) is 13.7. The summed E-state index contributed by atoms with van der Waals surface area (Å²) >= 11 is 0. The van der Waals surface area contributed by atoms with Crippen molar-refractivity contribution in [1.82, 2.24) is 9.80 Å². The average molecular weight is 423 g/mol. The van der Waals surface area contributed by atoms with E-state index in [0.29, 0.717) is 26.1 Å². The van der Waals surface area contributed by atoms with E-state index in [2.05, 4.69) is 6.07 Å². The SMILES string of the molecule is Cc1cc(C)cc(OCCN(C)CC(=O)N(C2CCCC2)C2CCS(=O)(=O)C2)c1. The summed E-state index contributed by atoms with van der Waals surface area (Å²) in [6, 6.07) is 6.18. The first-order valence-corrected chi connectivity index (χ1v) is 12.5. The van der Waals surface area contributed by atoms with Crippen molar-refractivity contribution >= 4 is 15.7 Å². The minimum Gasteiger partial charge on any atom is -0.492 e. The number of hydrogen-bond acceptors (Lipinski definition) is 5. The predicted octanol–water partition coefficient (Wildman–Crippen LogP) is 2.57. The highest BCUT2D eigenvalue weighted by Gasteiger charge is 2.39. The van der Waals surface area contributed by atoms with Crippen LogP contribution in [0.2, 0.25) is 0 Å². The molecule has 7 heteroatoms. The van der Waals surface area contributed by atoms with Gasteiger partial charge < -0.3 is 9.64 Å². The molecule has 6 nitrogen and oxygen atoms in total. The summed E-state index contributed by atoms with van der Waals surface area (Å²) in [5.41, 5.74) is 2.34. The van der Waals surface area contributed by atoms with Gasteiger partial charge in [-0.1, -0.05) is 18.9 Å². The lowest BCUT2D eigenvalue weighted by Crippen LogP contribution is -2.50. The molecule has 1 amide bonds. The second-order valence-electron chi connectivity index (χ2n) is 8.71. The van der Waals surface area contributed by atoms with Crippen molar-refractivity contribution in [1.29, 1.82) is 0 Å². The first-order valence-electron chi connectivity index (χ1n) is 10.6. The molecule has 1 aromatic carbocycles. The van der Waals surface area contributed by atoms with Gasteiger partial charge in [-0.2, -0.15) is 0 Å². The van der Waals surface area contributed by atoms with Crippen LogP contribution in [0.15, 0.2) is 18.2 Å². The molecule has 2 aliphatic rings. The van der Waals surface area contributed by atoms with Gasteiger partial charge in [-0.15, -0.1) is 0 Å². The third-order valence-electron chi connectivity index (χ3n) is 5.95. The van der Waals surface area contributed by atoms with E-state index in [1.54, 1.807) is 0 Å².